The molecule has 0 spiro atoms. The molecule has 0 unspecified atom stereocenters. The van der Waals surface area contributed by atoms with Crippen LogP contribution in [0.25, 0.3) is 64.1 Å². The van der Waals surface area contributed by atoms with Gasteiger partial charge in [0.1, 0.15) is 5.82 Å². The first kappa shape index (κ1) is 23.1. The van der Waals surface area contributed by atoms with Crippen molar-refractivity contribution >= 4 is 53.1 Å². The predicted molar refractivity (Wildman–Crippen MR) is 162 cm³/mol. The third-order valence-electron chi connectivity index (χ3n) is 7.70. The number of hydrogen-bond acceptors (Lipinski definition) is 2. The number of rotatable bonds is 3. The molecule has 184 valence electrons. The van der Waals surface area contributed by atoms with Crippen molar-refractivity contribution in [2.75, 3.05) is 0 Å². The fourth-order valence-corrected chi connectivity index (χ4v) is 7.04. The molecule has 38 heavy (non-hydrogen) atoms. The van der Waals surface area contributed by atoms with Gasteiger partial charge in [-0.3, -0.25) is 4.98 Å². The van der Waals surface area contributed by atoms with E-state index in [1.54, 1.807) is 0 Å². The Morgan fingerprint density at radius 1 is 0.711 bits per heavy atom. The fourth-order valence-electron chi connectivity index (χ4n) is 5.79. The van der Waals surface area contributed by atoms with Crippen LogP contribution < -0.4 is 0 Å². The molecule has 1 nitrogen and oxygen atoms in total. The van der Waals surface area contributed by atoms with Gasteiger partial charge in [-0.15, -0.1) is 11.3 Å². The smallest absolute Gasteiger partial charge is 0.148 e. The molecule has 0 aliphatic rings. The number of aromatic nitrogens is 1. The Labute approximate surface area is 225 Å². The standard InChI is InChI=1S/C35H26FNS/c1-20(2)30-19-24(18-23-13-12-22-9-5-7-11-26(22)31(23)30)33-35-29(16-17-37-33)28-15-14-27(32(36)34(28)38-35)25-10-6-4-8-21(25)3/h4-20H,1-3H3. The number of hydrogen-bond donors (Lipinski definition) is 0. The van der Waals surface area contributed by atoms with Crippen LogP contribution in [0.5, 0.6) is 0 Å². The maximum Gasteiger partial charge on any atom is 0.148 e. The molecule has 0 radical (unpaired) electrons. The highest BCUT2D eigenvalue weighted by atomic mass is 32.1. The Kier molecular flexibility index (Phi) is 5.31. The molecule has 0 aliphatic carbocycles. The van der Waals surface area contributed by atoms with Crippen LogP contribution in [-0.4, -0.2) is 4.98 Å². The summed E-state index contributed by atoms with van der Waals surface area (Å²) in [5.41, 5.74) is 5.95. The first-order valence-electron chi connectivity index (χ1n) is 13.0. The van der Waals surface area contributed by atoms with Gasteiger partial charge < -0.3 is 0 Å². The first-order valence-corrected chi connectivity index (χ1v) is 13.8. The van der Waals surface area contributed by atoms with Gasteiger partial charge in [-0.25, -0.2) is 4.39 Å². The molecule has 0 aliphatic heterocycles. The van der Waals surface area contributed by atoms with Crippen LogP contribution in [0.4, 0.5) is 4.39 Å². The predicted octanol–water partition coefficient (Wildman–Crippen LogP) is 10.7. The minimum atomic E-state index is -0.156. The molecular weight excluding hydrogens is 485 g/mol. The Balaban J connectivity index is 1.49. The zero-order chi connectivity index (χ0) is 26.0. The molecule has 7 aromatic rings. The van der Waals surface area contributed by atoms with Crippen LogP contribution in [0, 0.1) is 12.7 Å². The van der Waals surface area contributed by atoms with Gasteiger partial charge in [-0.1, -0.05) is 86.6 Å². The van der Waals surface area contributed by atoms with E-state index in [1.165, 1.54) is 38.4 Å². The molecule has 0 amide bonds. The van der Waals surface area contributed by atoms with E-state index in [2.05, 4.69) is 68.4 Å². The minimum absolute atomic E-state index is 0.156. The fraction of sp³-hybridized carbons (Fsp3) is 0.114. The Bertz CT molecular complexity index is 2030. The highest BCUT2D eigenvalue weighted by molar-refractivity contribution is 7.26. The highest BCUT2D eigenvalue weighted by Crippen LogP contribution is 2.44. The summed E-state index contributed by atoms with van der Waals surface area (Å²) in [6, 6.07) is 31.5. The number of nitrogens with zero attached hydrogens (tertiary/aromatic N) is 1. The second kappa shape index (κ2) is 8.75. The summed E-state index contributed by atoms with van der Waals surface area (Å²) in [6.45, 7) is 6.52. The Morgan fingerprint density at radius 2 is 1.47 bits per heavy atom. The summed E-state index contributed by atoms with van der Waals surface area (Å²) in [5, 5.41) is 7.03. The van der Waals surface area contributed by atoms with Gasteiger partial charge in [0.25, 0.3) is 0 Å². The van der Waals surface area contributed by atoms with Crippen molar-refractivity contribution in [3.63, 3.8) is 0 Å². The van der Waals surface area contributed by atoms with Gasteiger partial charge in [0.15, 0.2) is 0 Å². The third-order valence-corrected chi connectivity index (χ3v) is 8.92. The van der Waals surface area contributed by atoms with Gasteiger partial charge in [-0.05, 0) is 69.3 Å². The number of benzene rings is 5. The zero-order valence-corrected chi connectivity index (χ0v) is 22.4. The van der Waals surface area contributed by atoms with E-state index in [-0.39, 0.29) is 5.82 Å². The summed E-state index contributed by atoms with van der Waals surface area (Å²) in [7, 11) is 0. The van der Waals surface area contributed by atoms with Crippen LogP contribution in [0.2, 0.25) is 0 Å². The molecule has 0 saturated heterocycles. The van der Waals surface area contributed by atoms with Crippen molar-refractivity contribution in [1.82, 2.24) is 4.98 Å². The Morgan fingerprint density at radius 3 is 2.32 bits per heavy atom. The average Bonchev–Trinajstić information content (AvgIpc) is 3.33. The van der Waals surface area contributed by atoms with Crippen LogP contribution in [0.3, 0.4) is 0 Å². The molecule has 0 atom stereocenters. The topological polar surface area (TPSA) is 12.9 Å². The van der Waals surface area contributed by atoms with E-state index in [4.69, 9.17) is 4.98 Å². The lowest BCUT2D eigenvalue weighted by molar-refractivity contribution is 0.645. The Hall–Kier alpha value is -4.08. The summed E-state index contributed by atoms with van der Waals surface area (Å²) < 4.78 is 17.7. The van der Waals surface area contributed by atoms with E-state index in [9.17, 15) is 0 Å². The number of halogens is 1. The van der Waals surface area contributed by atoms with Crippen molar-refractivity contribution in [1.29, 1.82) is 0 Å². The number of aryl methyl sites for hydroxylation is 1. The normalized spacial score (nSPS) is 11.9. The minimum Gasteiger partial charge on any atom is -0.255 e. The van der Waals surface area contributed by atoms with E-state index < -0.39 is 0 Å². The molecule has 0 fully saturated rings. The van der Waals surface area contributed by atoms with E-state index >= 15 is 4.39 Å². The molecule has 5 aromatic carbocycles. The number of pyridine rings is 1. The van der Waals surface area contributed by atoms with Crippen molar-refractivity contribution in [3.05, 3.63) is 114 Å². The number of fused-ring (bicyclic) bond motifs is 6. The highest BCUT2D eigenvalue weighted by Gasteiger charge is 2.19. The van der Waals surface area contributed by atoms with Crippen LogP contribution in [0.15, 0.2) is 97.2 Å². The molecule has 0 saturated carbocycles. The van der Waals surface area contributed by atoms with Gasteiger partial charge in [0, 0.05) is 28.1 Å². The lowest BCUT2D eigenvalue weighted by Gasteiger charge is -2.15. The lowest BCUT2D eigenvalue weighted by Crippen LogP contribution is -1.94. The molecule has 0 bridgehead atoms. The van der Waals surface area contributed by atoms with Gasteiger partial charge >= 0.3 is 0 Å². The molecule has 0 N–H and O–H groups in total. The quantitative estimate of drug-likeness (QED) is 0.215. The third kappa shape index (κ3) is 3.46. The van der Waals surface area contributed by atoms with Gasteiger partial charge in [0.05, 0.1) is 15.1 Å². The van der Waals surface area contributed by atoms with Crippen LogP contribution in [-0.2, 0) is 0 Å². The summed E-state index contributed by atoms with van der Waals surface area (Å²) >= 11 is 1.51. The van der Waals surface area contributed by atoms with E-state index in [1.807, 2.05) is 49.5 Å². The molecule has 3 heteroatoms. The maximum absolute atomic E-state index is 16.0. The zero-order valence-electron chi connectivity index (χ0n) is 21.5. The van der Waals surface area contributed by atoms with Crippen LogP contribution in [0.1, 0.15) is 30.9 Å². The SMILES string of the molecule is Cc1ccccc1-c1ccc2c(sc3c(-c4cc(C(C)C)c5c(ccc6ccccc65)c4)nccc32)c1F. The monoisotopic (exact) mass is 511 g/mol. The molecule has 2 heterocycles. The molecule has 7 rings (SSSR count). The molecular formula is C35H26FNS. The van der Waals surface area contributed by atoms with Crippen molar-refractivity contribution in [2.45, 2.75) is 26.7 Å². The van der Waals surface area contributed by atoms with E-state index in [0.717, 1.165) is 37.9 Å². The number of thiophene rings is 1. The van der Waals surface area contributed by atoms with Gasteiger partial charge in [0.2, 0.25) is 0 Å². The lowest BCUT2D eigenvalue weighted by atomic mass is 9.89. The van der Waals surface area contributed by atoms with E-state index in [0.29, 0.717) is 16.2 Å². The maximum atomic E-state index is 16.0. The summed E-state index contributed by atoms with van der Waals surface area (Å²) in [4.78, 5) is 4.85. The second-order valence-corrected chi connectivity index (χ2v) is 11.4. The van der Waals surface area contributed by atoms with Crippen molar-refractivity contribution in [3.8, 4) is 22.4 Å². The molecule has 2 aromatic heterocycles. The van der Waals surface area contributed by atoms with Crippen LogP contribution >= 0.6 is 11.3 Å². The van der Waals surface area contributed by atoms with Gasteiger partial charge in [-0.2, -0.15) is 0 Å². The van der Waals surface area contributed by atoms with Crippen molar-refractivity contribution < 1.29 is 4.39 Å². The second-order valence-electron chi connectivity index (χ2n) is 10.4. The first-order chi connectivity index (χ1) is 18.5. The summed E-state index contributed by atoms with van der Waals surface area (Å²) in [6.07, 6.45) is 1.86. The van der Waals surface area contributed by atoms with Crippen molar-refractivity contribution in [2.24, 2.45) is 0 Å². The summed E-state index contributed by atoms with van der Waals surface area (Å²) in [5.74, 6) is 0.191. The average molecular weight is 512 g/mol. The largest absolute Gasteiger partial charge is 0.255 e.